The third-order valence-electron chi connectivity index (χ3n) is 4.38. The number of carboxylic acids is 2. The molecule has 1 aliphatic rings. The number of fused-ring (bicyclic) bond motifs is 1. The van der Waals surface area contributed by atoms with Gasteiger partial charge in [0.2, 0.25) is 5.91 Å². The first-order valence-electron chi connectivity index (χ1n) is 9.29. The first kappa shape index (κ1) is 24.5. The van der Waals surface area contributed by atoms with Crippen LogP contribution in [0, 0.1) is 0 Å². The maximum Gasteiger partial charge on any atom is 0.406 e. The Labute approximate surface area is 181 Å². The number of carbonyl (C=O) groups is 3. The van der Waals surface area contributed by atoms with Crippen molar-refractivity contribution in [3.8, 4) is 5.75 Å². The number of rotatable bonds is 5. The highest BCUT2D eigenvalue weighted by molar-refractivity contribution is 5.92. The highest BCUT2D eigenvalue weighted by Crippen LogP contribution is 2.28. The lowest BCUT2D eigenvalue weighted by Crippen LogP contribution is -2.45. The number of para-hydroxylation sites is 1. The Bertz CT molecular complexity index is 966. The van der Waals surface area contributed by atoms with E-state index in [1.807, 2.05) is 30.3 Å². The van der Waals surface area contributed by atoms with Crippen LogP contribution in [0.2, 0.25) is 0 Å². The second kappa shape index (κ2) is 10.5. The number of hydrogen-bond acceptors (Lipinski definition) is 5. The van der Waals surface area contributed by atoms with E-state index in [4.69, 9.17) is 14.9 Å². The fourth-order valence-electron chi connectivity index (χ4n) is 2.97. The van der Waals surface area contributed by atoms with Gasteiger partial charge in [-0.3, -0.25) is 9.59 Å². The van der Waals surface area contributed by atoms with Gasteiger partial charge in [-0.2, -0.15) is 13.2 Å². The van der Waals surface area contributed by atoms with E-state index in [0.29, 0.717) is 4.90 Å². The number of halogens is 3. The number of anilines is 1. The van der Waals surface area contributed by atoms with Gasteiger partial charge in [0.1, 0.15) is 18.3 Å². The summed E-state index contributed by atoms with van der Waals surface area (Å²) in [6.07, 6.45) is -5.37. The zero-order valence-electron chi connectivity index (χ0n) is 16.9. The summed E-state index contributed by atoms with van der Waals surface area (Å²) >= 11 is 0. The molecule has 1 aliphatic heterocycles. The third-order valence-corrected chi connectivity index (χ3v) is 4.38. The highest BCUT2D eigenvalue weighted by Gasteiger charge is 2.38. The van der Waals surface area contributed by atoms with E-state index in [1.165, 1.54) is 12.1 Å². The average Bonchev–Trinajstić information content (AvgIpc) is 2.84. The average molecular weight is 454 g/mol. The van der Waals surface area contributed by atoms with Gasteiger partial charge in [0.25, 0.3) is 0 Å². The number of aliphatic carboxylic acids is 1. The molecule has 1 amide bonds. The lowest BCUT2D eigenvalue weighted by molar-refractivity contribution is -0.163. The minimum absolute atomic E-state index is 0.147. The summed E-state index contributed by atoms with van der Waals surface area (Å²) in [5, 5.41) is 20.4. The molecular formula is C21H21F3N2O6. The van der Waals surface area contributed by atoms with Gasteiger partial charge in [0.15, 0.2) is 0 Å². The molecule has 32 heavy (non-hydrogen) atoms. The van der Waals surface area contributed by atoms with Crippen molar-refractivity contribution in [3.05, 3.63) is 59.7 Å². The maximum absolute atomic E-state index is 12.7. The zero-order valence-corrected chi connectivity index (χ0v) is 16.9. The molecule has 0 unspecified atom stereocenters. The lowest BCUT2D eigenvalue weighted by Gasteiger charge is -2.24. The number of benzene rings is 2. The number of amides is 1. The molecule has 0 aliphatic carbocycles. The van der Waals surface area contributed by atoms with Crippen molar-refractivity contribution >= 4 is 23.5 Å². The van der Waals surface area contributed by atoms with Crippen LogP contribution in [0.15, 0.2) is 48.5 Å². The van der Waals surface area contributed by atoms with E-state index in [1.54, 1.807) is 7.11 Å². The molecule has 0 spiro atoms. The van der Waals surface area contributed by atoms with Crippen molar-refractivity contribution in [1.82, 2.24) is 4.90 Å². The van der Waals surface area contributed by atoms with Crippen molar-refractivity contribution in [2.45, 2.75) is 25.2 Å². The molecule has 3 rings (SSSR count). The molecule has 0 fully saturated rings. The van der Waals surface area contributed by atoms with Gasteiger partial charge in [0, 0.05) is 12.2 Å². The smallest absolute Gasteiger partial charge is 0.406 e. The van der Waals surface area contributed by atoms with Crippen molar-refractivity contribution < 1.29 is 42.5 Å². The van der Waals surface area contributed by atoms with Gasteiger partial charge in [-0.25, -0.2) is 4.79 Å². The Morgan fingerprint density at radius 2 is 1.81 bits per heavy atom. The van der Waals surface area contributed by atoms with Gasteiger partial charge in [0.05, 0.1) is 19.1 Å². The fraction of sp³-hybridized carbons (Fsp3) is 0.286. The van der Waals surface area contributed by atoms with E-state index < -0.39 is 49.6 Å². The van der Waals surface area contributed by atoms with Gasteiger partial charge in [-0.15, -0.1) is 0 Å². The van der Waals surface area contributed by atoms with Crippen LogP contribution in [0.4, 0.5) is 18.9 Å². The molecule has 8 nitrogen and oxygen atoms in total. The van der Waals surface area contributed by atoms with E-state index in [9.17, 15) is 27.6 Å². The van der Waals surface area contributed by atoms with Crippen LogP contribution < -0.4 is 10.1 Å². The quantitative estimate of drug-likeness (QED) is 0.635. The van der Waals surface area contributed by atoms with Crippen LogP contribution in [0.1, 0.15) is 22.3 Å². The minimum Gasteiger partial charge on any atom is -0.497 e. The summed E-state index contributed by atoms with van der Waals surface area (Å²) < 4.78 is 43.0. The van der Waals surface area contributed by atoms with Crippen LogP contribution in [0.25, 0.3) is 0 Å². The SMILES string of the molecule is COc1ccccc1.O=C(O)C[C@@H]1Nc2ccc(C(=O)O)cc2CN(CC(F)(F)F)C1=O. The summed E-state index contributed by atoms with van der Waals surface area (Å²) in [5.41, 5.74) is 0.247. The largest absolute Gasteiger partial charge is 0.497 e. The second-order valence-corrected chi connectivity index (χ2v) is 6.80. The topological polar surface area (TPSA) is 116 Å². The molecule has 172 valence electrons. The minimum atomic E-state index is -4.67. The predicted octanol–water partition coefficient (Wildman–Crippen LogP) is 3.24. The van der Waals surface area contributed by atoms with Crippen LogP contribution >= 0.6 is 0 Å². The van der Waals surface area contributed by atoms with Crippen molar-refractivity contribution in [1.29, 1.82) is 0 Å². The van der Waals surface area contributed by atoms with Crippen molar-refractivity contribution in [3.63, 3.8) is 0 Å². The molecule has 0 radical (unpaired) electrons. The Morgan fingerprint density at radius 1 is 1.16 bits per heavy atom. The monoisotopic (exact) mass is 454 g/mol. The molecule has 3 N–H and O–H groups in total. The lowest BCUT2D eigenvalue weighted by atomic mass is 10.1. The first-order valence-corrected chi connectivity index (χ1v) is 9.29. The molecule has 2 aromatic carbocycles. The Kier molecular flexibility index (Phi) is 8.05. The van der Waals surface area contributed by atoms with Gasteiger partial charge >= 0.3 is 18.1 Å². The molecule has 11 heteroatoms. The Hall–Kier alpha value is -3.76. The molecule has 2 aromatic rings. The number of alkyl halides is 3. The first-order chi connectivity index (χ1) is 15.0. The summed E-state index contributed by atoms with van der Waals surface area (Å²) in [6.45, 7) is -2.03. The number of ether oxygens (including phenoxy) is 1. The number of nitrogens with zero attached hydrogens (tertiary/aromatic N) is 1. The number of methoxy groups -OCH3 is 1. The second-order valence-electron chi connectivity index (χ2n) is 6.80. The summed E-state index contributed by atoms with van der Waals surface area (Å²) in [5.74, 6) is -2.72. The molecule has 0 saturated heterocycles. The number of carboxylic acid groups (broad SMARTS) is 2. The number of carbonyl (C=O) groups excluding carboxylic acids is 1. The molecule has 0 saturated carbocycles. The molecular weight excluding hydrogens is 433 g/mol. The fourth-order valence-corrected chi connectivity index (χ4v) is 2.97. The van der Waals surface area contributed by atoms with Gasteiger partial charge < -0.3 is 25.2 Å². The summed E-state index contributed by atoms with van der Waals surface area (Å²) in [7, 11) is 1.66. The van der Waals surface area contributed by atoms with E-state index in [2.05, 4.69) is 5.32 Å². The van der Waals surface area contributed by atoms with E-state index >= 15 is 0 Å². The Morgan fingerprint density at radius 3 is 2.31 bits per heavy atom. The normalized spacial score (nSPS) is 15.4. The number of nitrogens with one attached hydrogen (secondary N) is 1. The van der Waals surface area contributed by atoms with Gasteiger partial charge in [-0.05, 0) is 35.9 Å². The van der Waals surface area contributed by atoms with E-state index in [0.717, 1.165) is 11.8 Å². The summed E-state index contributed by atoms with van der Waals surface area (Å²) in [6, 6.07) is 12.0. The van der Waals surface area contributed by atoms with Gasteiger partial charge in [-0.1, -0.05) is 18.2 Å². The summed E-state index contributed by atoms with van der Waals surface area (Å²) in [4.78, 5) is 34.6. The predicted molar refractivity (Wildman–Crippen MR) is 108 cm³/mol. The zero-order chi connectivity index (χ0) is 23.9. The molecule has 0 aromatic heterocycles. The van der Waals surface area contributed by atoms with Crippen LogP contribution in [0.5, 0.6) is 5.75 Å². The van der Waals surface area contributed by atoms with Crippen LogP contribution in [-0.4, -0.2) is 58.8 Å². The standard InChI is InChI=1S/C14H13F3N2O5.C7H8O/c15-14(16,17)6-19-5-8-3-7(13(23)24)1-2-9(8)18-10(12(19)22)4-11(20)21;1-8-7-5-3-2-4-6-7/h1-3,10,18H,4-6H2,(H,20,21)(H,23,24);2-6H,1H3/t10-;/m0./s1. The Balaban J connectivity index is 0.000000380. The molecule has 1 atom stereocenters. The third kappa shape index (κ3) is 7.18. The number of hydrogen-bond donors (Lipinski definition) is 3. The van der Waals surface area contributed by atoms with Crippen LogP contribution in [-0.2, 0) is 16.1 Å². The number of aromatic carboxylic acids is 1. The highest BCUT2D eigenvalue weighted by atomic mass is 19.4. The van der Waals surface area contributed by atoms with Crippen molar-refractivity contribution in [2.75, 3.05) is 19.0 Å². The van der Waals surface area contributed by atoms with E-state index in [-0.39, 0.29) is 16.8 Å². The molecule has 1 heterocycles. The maximum atomic E-state index is 12.7. The van der Waals surface area contributed by atoms with Crippen LogP contribution in [0.3, 0.4) is 0 Å². The molecule has 0 bridgehead atoms. The van der Waals surface area contributed by atoms with Crippen molar-refractivity contribution in [2.24, 2.45) is 0 Å².